The van der Waals surface area contributed by atoms with Crippen molar-refractivity contribution in [1.82, 2.24) is 4.90 Å². The van der Waals surface area contributed by atoms with Crippen molar-refractivity contribution in [2.75, 3.05) is 13.7 Å². The molecule has 54 valence electrons. The Morgan fingerprint density at radius 2 is 2.33 bits per heavy atom. The molecule has 0 spiro atoms. The maximum Gasteiger partial charge on any atom is 0.209 e. The molecule has 0 saturated heterocycles. The zero-order valence-electron chi connectivity index (χ0n) is 5.87. The monoisotopic (exact) mass is 131 g/mol. The molecule has 1 N–H and O–H groups in total. The predicted octanol–water partition coefficient (Wildman–Crippen LogP) is -0.155. The highest BCUT2D eigenvalue weighted by atomic mass is 16.3. The van der Waals surface area contributed by atoms with Crippen molar-refractivity contribution in [2.45, 2.75) is 19.4 Å². The minimum absolute atomic E-state index is 0.0116. The molecule has 3 nitrogen and oxygen atoms in total. The Hall–Kier alpha value is -0.570. The number of amides is 1. The summed E-state index contributed by atoms with van der Waals surface area (Å²) in [7, 11) is 1.66. The predicted molar refractivity (Wildman–Crippen MR) is 35.0 cm³/mol. The lowest BCUT2D eigenvalue weighted by atomic mass is 10.2. The van der Waals surface area contributed by atoms with Crippen LogP contribution in [-0.2, 0) is 4.79 Å². The Kier molecular flexibility index (Phi) is 4.05. The fourth-order valence-corrected chi connectivity index (χ4v) is 0.632. The Bertz CT molecular complexity index is 81.1. The first kappa shape index (κ1) is 8.43. The van der Waals surface area contributed by atoms with E-state index in [1.54, 1.807) is 7.05 Å². The number of hydrogen-bond acceptors (Lipinski definition) is 2. The van der Waals surface area contributed by atoms with Crippen LogP contribution in [0, 0.1) is 0 Å². The summed E-state index contributed by atoms with van der Waals surface area (Å²) in [6, 6.07) is -0.0116. The number of hydrogen-bond donors (Lipinski definition) is 1. The molecule has 1 atom stereocenters. The average molecular weight is 131 g/mol. The Balaban J connectivity index is 3.63. The standard InChI is InChI=1S/C6H13NO2/c1-3-6(4-8)7(2)5-9/h5-6,8H,3-4H2,1-2H3. The molecule has 0 aliphatic heterocycles. The number of nitrogens with zero attached hydrogens (tertiary/aromatic N) is 1. The number of carbonyl (C=O) groups excluding carboxylic acids is 1. The quantitative estimate of drug-likeness (QED) is 0.539. The van der Waals surface area contributed by atoms with Gasteiger partial charge in [-0.1, -0.05) is 6.92 Å². The molecule has 0 aromatic heterocycles. The zero-order chi connectivity index (χ0) is 7.28. The number of carbonyl (C=O) groups is 1. The van der Waals surface area contributed by atoms with E-state index in [0.717, 1.165) is 12.8 Å². The van der Waals surface area contributed by atoms with Gasteiger partial charge in [0.2, 0.25) is 6.41 Å². The largest absolute Gasteiger partial charge is 0.394 e. The van der Waals surface area contributed by atoms with Crippen LogP contribution in [0.15, 0.2) is 0 Å². The van der Waals surface area contributed by atoms with Crippen molar-refractivity contribution in [2.24, 2.45) is 0 Å². The third-order valence-corrected chi connectivity index (χ3v) is 1.42. The highest BCUT2D eigenvalue weighted by molar-refractivity contribution is 5.46. The van der Waals surface area contributed by atoms with Crippen molar-refractivity contribution in [3.8, 4) is 0 Å². The minimum atomic E-state index is -0.0116. The van der Waals surface area contributed by atoms with Crippen LogP contribution in [-0.4, -0.2) is 36.1 Å². The van der Waals surface area contributed by atoms with Crippen molar-refractivity contribution in [3.05, 3.63) is 0 Å². The molecule has 0 saturated carbocycles. The molecule has 0 aliphatic rings. The summed E-state index contributed by atoms with van der Waals surface area (Å²) in [4.78, 5) is 11.6. The van der Waals surface area contributed by atoms with Crippen LogP contribution >= 0.6 is 0 Å². The van der Waals surface area contributed by atoms with Crippen LogP contribution in [0.4, 0.5) is 0 Å². The smallest absolute Gasteiger partial charge is 0.209 e. The highest BCUT2D eigenvalue weighted by Crippen LogP contribution is 1.95. The lowest BCUT2D eigenvalue weighted by Crippen LogP contribution is -2.32. The van der Waals surface area contributed by atoms with Gasteiger partial charge in [-0.15, -0.1) is 0 Å². The second-order valence-electron chi connectivity index (χ2n) is 2.02. The van der Waals surface area contributed by atoms with Gasteiger partial charge in [-0.3, -0.25) is 4.79 Å². The van der Waals surface area contributed by atoms with Gasteiger partial charge in [0.1, 0.15) is 0 Å². The van der Waals surface area contributed by atoms with Crippen molar-refractivity contribution < 1.29 is 9.90 Å². The normalized spacial score (nSPS) is 12.8. The van der Waals surface area contributed by atoms with E-state index in [4.69, 9.17) is 5.11 Å². The van der Waals surface area contributed by atoms with E-state index < -0.39 is 0 Å². The summed E-state index contributed by atoms with van der Waals surface area (Å²) in [5.41, 5.74) is 0. The van der Waals surface area contributed by atoms with Gasteiger partial charge in [-0.25, -0.2) is 0 Å². The van der Waals surface area contributed by atoms with Gasteiger partial charge >= 0.3 is 0 Å². The molecule has 0 bridgehead atoms. The van der Waals surface area contributed by atoms with E-state index in [0.29, 0.717) is 0 Å². The molecular formula is C6H13NO2. The van der Waals surface area contributed by atoms with E-state index in [-0.39, 0.29) is 12.6 Å². The first-order valence-electron chi connectivity index (χ1n) is 3.04. The molecule has 0 heterocycles. The molecule has 3 heteroatoms. The molecule has 1 amide bonds. The van der Waals surface area contributed by atoms with Crippen LogP contribution in [0.5, 0.6) is 0 Å². The van der Waals surface area contributed by atoms with Crippen molar-refractivity contribution in [1.29, 1.82) is 0 Å². The first-order valence-corrected chi connectivity index (χ1v) is 3.04. The summed E-state index contributed by atoms with van der Waals surface area (Å²) < 4.78 is 0. The van der Waals surface area contributed by atoms with Crippen LogP contribution in [0.1, 0.15) is 13.3 Å². The number of likely N-dealkylation sites (N-methyl/N-ethyl adjacent to an activating group) is 1. The molecule has 9 heavy (non-hydrogen) atoms. The number of rotatable bonds is 4. The van der Waals surface area contributed by atoms with Gasteiger partial charge < -0.3 is 10.0 Å². The second kappa shape index (κ2) is 4.32. The molecule has 0 aromatic carbocycles. The topological polar surface area (TPSA) is 40.5 Å². The molecule has 0 fully saturated rings. The minimum Gasteiger partial charge on any atom is -0.394 e. The van der Waals surface area contributed by atoms with Crippen LogP contribution < -0.4 is 0 Å². The SMILES string of the molecule is CCC(CO)N(C)C=O. The molecule has 0 aromatic rings. The van der Waals surface area contributed by atoms with E-state index in [1.807, 2.05) is 6.92 Å². The van der Waals surface area contributed by atoms with Crippen LogP contribution in [0.25, 0.3) is 0 Å². The molecule has 0 rings (SSSR count). The third kappa shape index (κ3) is 2.46. The van der Waals surface area contributed by atoms with Gasteiger partial charge in [0.05, 0.1) is 12.6 Å². The van der Waals surface area contributed by atoms with E-state index in [1.165, 1.54) is 4.90 Å². The lowest BCUT2D eigenvalue weighted by Gasteiger charge is -2.19. The molecule has 1 unspecified atom stereocenters. The maximum atomic E-state index is 10.1. The summed E-state index contributed by atoms with van der Waals surface area (Å²) in [6.45, 7) is 1.98. The Morgan fingerprint density at radius 3 is 2.44 bits per heavy atom. The van der Waals surface area contributed by atoms with Gasteiger partial charge in [0, 0.05) is 7.05 Å². The van der Waals surface area contributed by atoms with Crippen LogP contribution in [0.2, 0.25) is 0 Å². The maximum absolute atomic E-state index is 10.1. The summed E-state index contributed by atoms with van der Waals surface area (Å²) in [5, 5.41) is 8.63. The van der Waals surface area contributed by atoms with Crippen molar-refractivity contribution in [3.63, 3.8) is 0 Å². The second-order valence-corrected chi connectivity index (χ2v) is 2.02. The third-order valence-electron chi connectivity index (χ3n) is 1.42. The summed E-state index contributed by atoms with van der Waals surface area (Å²) in [5.74, 6) is 0. The van der Waals surface area contributed by atoms with Crippen LogP contribution in [0.3, 0.4) is 0 Å². The van der Waals surface area contributed by atoms with Gasteiger partial charge in [-0.05, 0) is 6.42 Å². The number of aliphatic hydroxyl groups excluding tert-OH is 1. The molecule has 0 aliphatic carbocycles. The molecule has 0 radical (unpaired) electrons. The Morgan fingerprint density at radius 1 is 1.78 bits per heavy atom. The average Bonchev–Trinajstić information content (AvgIpc) is 1.90. The highest BCUT2D eigenvalue weighted by Gasteiger charge is 2.07. The summed E-state index contributed by atoms with van der Waals surface area (Å²) >= 11 is 0. The van der Waals surface area contributed by atoms with E-state index in [2.05, 4.69) is 0 Å². The van der Waals surface area contributed by atoms with E-state index >= 15 is 0 Å². The Labute approximate surface area is 55.3 Å². The van der Waals surface area contributed by atoms with Gasteiger partial charge in [0.15, 0.2) is 0 Å². The summed E-state index contributed by atoms with van der Waals surface area (Å²) in [6.07, 6.45) is 1.52. The number of aliphatic hydroxyl groups is 1. The lowest BCUT2D eigenvalue weighted by molar-refractivity contribution is -0.119. The fraction of sp³-hybridized carbons (Fsp3) is 0.833. The van der Waals surface area contributed by atoms with E-state index in [9.17, 15) is 4.79 Å². The molecular weight excluding hydrogens is 118 g/mol. The van der Waals surface area contributed by atoms with Gasteiger partial charge in [-0.2, -0.15) is 0 Å². The first-order chi connectivity index (χ1) is 4.26. The fourth-order valence-electron chi connectivity index (χ4n) is 0.632. The zero-order valence-corrected chi connectivity index (χ0v) is 5.87. The van der Waals surface area contributed by atoms with Gasteiger partial charge in [0.25, 0.3) is 0 Å². The van der Waals surface area contributed by atoms with Crippen molar-refractivity contribution >= 4 is 6.41 Å².